The summed E-state index contributed by atoms with van der Waals surface area (Å²) in [5, 5.41) is 4.90. The third kappa shape index (κ3) is 4.74. The van der Waals surface area contributed by atoms with E-state index in [2.05, 4.69) is 204 Å². The van der Waals surface area contributed by atoms with Crippen LogP contribution in [0.15, 0.2) is 194 Å². The Balaban J connectivity index is 1.32. The molecule has 0 atom stereocenters. The van der Waals surface area contributed by atoms with Gasteiger partial charge in [0.15, 0.2) is 0 Å². The maximum Gasteiger partial charge on any atom is 0.0547 e. The van der Waals surface area contributed by atoms with E-state index in [-0.39, 0.29) is 0 Å². The summed E-state index contributed by atoms with van der Waals surface area (Å²) in [7, 11) is 0. The molecule has 2 nitrogen and oxygen atoms in total. The third-order valence-electron chi connectivity index (χ3n) is 9.37. The highest BCUT2D eigenvalue weighted by atomic mass is 15.1. The van der Waals surface area contributed by atoms with Gasteiger partial charge in [0.1, 0.15) is 0 Å². The monoisotopic (exact) mass is 612 g/mol. The zero-order valence-corrected chi connectivity index (χ0v) is 26.4. The first-order chi connectivity index (χ1) is 23.8. The van der Waals surface area contributed by atoms with Crippen molar-refractivity contribution in [3.8, 4) is 27.9 Å². The lowest BCUT2D eigenvalue weighted by Crippen LogP contribution is -2.10. The maximum absolute atomic E-state index is 2.41. The molecule has 1 heterocycles. The van der Waals surface area contributed by atoms with Crippen LogP contribution in [0.25, 0.3) is 60.5 Å². The number of nitrogens with zero attached hydrogens (tertiary/aromatic N) is 2. The Bertz CT molecular complexity index is 2530. The van der Waals surface area contributed by atoms with Gasteiger partial charge in [-0.25, -0.2) is 0 Å². The van der Waals surface area contributed by atoms with Gasteiger partial charge in [-0.3, -0.25) is 0 Å². The predicted octanol–water partition coefficient (Wildman–Crippen LogP) is 12.7. The lowest BCUT2D eigenvalue weighted by atomic mass is 9.99. The lowest BCUT2D eigenvalue weighted by Gasteiger charge is -2.27. The first-order valence-electron chi connectivity index (χ1n) is 16.4. The van der Waals surface area contributed by atoms with Crippen molar-refractivity contribution < 1.29 is 0 Å². The highest BCUT2D eigenvalue weighted by Crippen LogP contribution is 2.44. The molecule has 0 saturated heterocycles. The lowest BCUT2D eigenvalue weighted by molar-refractivity contribution is 1.18. The Morgan fingerprint density at radius 1 is 0.375 bits per heavy atom. The van der Waals surface area contributed by atoms with E-state index in [9.17, 15) is 0 Å². The number of benzene rings is 8. The Hall–Kier alpha value is -6.38. The van der Waals surface area contributed by atoms with Crippen LogP contribution in [0.5, 0.6) is 0 Å². The molecule has 2 heteroatoms. The van der Waals surface area contributed by atoms with Crippen molar-refractivity contribution in [1.82, 2.24) is 4.57 Å². The molecular formula is C46H32N2. The van der Waals surface area contributed by atoms with Crippen molar-refractivity contribution in [1.29, 1.82) is 0 Å². The van der Waals surface area contributed by atoms with Crippen molar-refractivity contribution in [3.05, 3.63) is 194 Å². The molecule has 1 aromatic heterocycles. The molecule has 9 aromatic rings. The quantitative estimate of drug-likeness (QED) is 0.181. The van der Waals surface area contributed by atoms with Gasteiger partial charge in [0.25, 0.3) is 0 Å². The average Bonchev–Trinajstić information content (AvgIpc) is 3.50. The van der Waals surface area contributed by atoms with Gasteiger partial charge in [-0.15, -0.1) is 0 Å². The van der Waals surface area contributed by atoms with Gasteiger partial charge >= 0.3 is 0 Å². The van der Waals surface area contributed by atoms with Crippen molar-refractivity contribution >= 4 is 49.6 Å². The van der Waals surface area contributed by atoms with E-state index in [1.807, 2.05) is 0 Å². The Labute approximate surface area is 280 Å². The zero-order valence-electron chi connectivity index (χ0n) is 26.4. The molecule has 48 heavy (non-hydrogen) atoms. The Morgan fingerprint density at radius 3 is 1.75 bits per heavy atom. The SMILES string of the molecule is c1ccc(-c2ccc(N(c3ccc4c(c3)c3c(-c5ccccc5)cccc3n4-c3ccccc3)c3cccc4ccccc34)cc2)cc1. The van der Waals surface area contributed by atoms with Crippen LogP contribution in [-0.4, -0.2) is 4.57 Å². The maximum atomic E-state index is 2.41. The van der Waals surface area contributed by atoms with Gasteiger partial charge in [-0.1, -0.05) is 140 Å². The summed E-state index contributed by atoms with van der Waals surface area (Å²) in [5.74, 6) is 0. The van der Waals surface area contributed by atoms with Crippen LogP contribution >= 0.6 is 0 Å². The molecule has 0 unspecified atom stereocenters. The van der Waals surface area contributed by atoms with Gasteiger partial charge in [-0.2, -0.15) is 0 Å². The highest BCUT2D eigenvalue weighted by molar-refractivity contribution is 6.17. The van der Waals surface area contributed by atoms with Crippen molar-refractivity contribution in [3.63, 3.8) is 0 Å². The molecule has 8 aromatic carbocycles. The zero-order chi connectivity index (χ0) is 31.9. The van der Waals surface area contributed by atoms with E-state index >= 15 is 0 Å². The second-order valence-electron chi connectivity index (χ2n) is 12.2. The number of rotatable bonds is 6. The molecule has 0 amide bonds. The molecular weight excluding hydrogens is 581 g/mol. The molecule has 9 rings (SSSR count). The van der Waals surface area contributed by atoms with E-state index in [4.69, 9.17) is 0 Å². The minimum absolute atomic E-state index is 1.11. The molecule has 0 aliphatic rings. The van der Waals surface area contributed by atoms with Gasteiger partial charge in [0.2, 0.25) is 0 Å². The van der Waals surface area contributed by atoms with Gasteiger partial charge in [0, 0.05) is 33.2 Å². The van der Waals surface area contributed by atoms with E-state index in [1.54, 1.807) is 0 Å². The summed E-state index contributed by atoms with van der Waals surface area (Å²) >= 11 is 0. The molecule has 226 valence electrons. The highest BCUT2D eigenvalue weighted by Gasteiger charge is 2.20. The minimum Gasteiger partial charge on any atom is -0.310 e. The number of fused-ring (bicyclic) bond motifs is 4. The molecule has 0 aliphatic carbocycles. The fourth-order valence-electron chi connectivity index (χ4n) is 7.18. The topological polar surface area (TPSA) is 8.17 Å². The number of para-hydroxylation sites is 1. The van der Waals surface area contributed by atoms with Crippen molar-refractivity contribution in [2.75, 3.05) is 4.90 Å². The van der Waals surface area contributed by atoms with Crippen LogP contribution in [0.3, 0.4) is 0 Å². The van der Waals surface area contributed by atoms with Crippen LogP contribution in [0.1, 0.15) is 0 Å². The summed E-state index contributed by atoms with van der Waals surface area (Å²) < 4.78 is 2.40. The smallest absolute Gasteiger partial charge is 0.0547 e. The van der Waals surface area contributed by atoms with Crippen LogP contribution < -0.4 is 4.90 Å². The molecule has 0 saturated carbocycles. The second kappa shape index (κ2) is 11.8. The number of anilines is 3. The summed E-state index contributed by atoms with van der Waals surface area (Å²) in [6.45, 7) is 0. The van der Waals surface area contributed by atoms with E-state index < -0.39 is 0 Å². The number of hydrogen-bond acceptors (Lipinski definition) is 1. The van der Waals surface area contributed by atoms with Gasteiger partial charge in [-0.05, 0) is 82.2 Å². The first kappa shape index (κ1) is 27.9. The average molecular weight is 613 g/mol. The number of aromatic nitrogens is 1. The largest absolute Gasteiger partial charge is 0.310 e. The summed E-state index contributed by atoms with van der Waals surface area (Å²) in [6.07, 6.45) is 0. The Kier molecular flexibility index (Phi) is 6.84. The third-order valence-corrected chi connectivity index (χ3v) is 9.37. The van der Waals surface area contributed by atoms with Crippen LogP contribution in [0.4, 0.5) is 17.1 Å². The van der Waals surface area contributed by atoms with Crippen LogP contribution in [0, 0.1) is 0 Å². The van der Waals surface area contributed by atoms with E-state index in [0.717, 1.165) is 22.7 Å². The van der Waals surface area contributed by atoms with Crippen LogP contribution in [0.2, 0.25) is 0 Å². The van der Waals surface area contributed by atoms with Gasteiger partial charge < -0.3 is 9.47 Å². The second-order valence-corrected chi connectivity index (χ2v) is 12.2. The molecule has 0 fully saturated rings. The fourth-order valence-corrected chi connectivity index (χ4v) is 7.18. The fraction of sp³-hybridized carbons (Fsp3) is 0. The molecule has 0 N–H and O–H groups in total. The van der Waals surface area contributed by atoms with Crippen molar-refractivity contribution in [2.24, 2.45) is 0 Å². The summed E-state index contributed by atoms with van der Waals surface area (Å²) in [5.41, 5.74) is 11.8. The minimum atomic E-state index is 1.11. The first-order valence-corrected chi connectivity index (χ1v) is 16.4. The number of hydrogen-bond donors (Lipinski definition) is 0. The van der Waals surface area contributed by atoms with Crippen LogP contribution in [-0.2, 0) is 0 Å². The molecule has 0 bridgehead atoms. The molecule has 0 aliphatic heterocycles. The normalized spacial score (nSPS) is 11.3. The Morgan fingerprint density at radius 2 is 0.979 bits per heavy atom. The molecule has 0 radical (unpaired) electrons. The van der Waals surface area contributed by atoms with E-state index in [0.29, 0.717) is 0 Å². The van der Waals surface area contributed by atoms with Crippen molar-refractivity contribution in [2.45, 2.75) is 0 Å². The van der Waals surface area contributed by atoms with E-state index in [1.165, 1.54) is 54.8 Å². The summed E-state index contributed by atoms with van der Waals surface area (Å²) in [6, 6.07) is 69.9. The predicted molar refractivity (Wildman–Crippen MR) is 204 cm³/mol. The van der Waals surface area contributed by atoms with Gasteiger partial charge in [0.05, 0.1) is 16.7 Å². The summed E-state index contributed by atoms with van der Waals surface area (Å²) in [4.78, 5) is 2.41. The molecule has 0 spiro atoms. The standard InChI is InChI=1S/C46H32N2/c1-4-14-33(15-5-1)34-26-28-38(29-27-34)47(43-24-12-19-35-18-10-11-22-40(35)43)39-30-31-44-42(32-39)46-41(36-16-6-2-7-17-36)23-13-25-45(46)48(44)37-20-8-3-9-21-37/h1-32H.